The Morgan fingerprint density at radius 3 is 2.16 bits per heavy atom. The highest BCUT2D eigenvalue weighted by Gasteiger charge is 2.38. The highest BCUT2D eigenvalue weighted by molar-refractivity contribution is 5.82. The number of pyridine rings is 1. The van der Waals surface area contributed by atoms with Crippen LogP contribution < -0.4 is 10.9 Å². The number of carbonyl (C=O) groups excluding carboxylic acids is 1. The van der Waals surface area contributed by atoms with E-state index in [2.05, 4.69) is 5.32 Å². The van der Waals surface area contributed by atoms with Gasteiger partial charge in [-0.25, -0.2) is 8.78 Å². The van der Waals surface area contributed by atoms with Gasteiger partial charge < -0.3 is 19.9 Å². The van der Waals surface area contributed by atoms with E-state index in [0.29, 0.717) is 31.0 Å². The van der Waals surface area contributed by atoms with Crippen molar-refractivity contribution in [2.75, 3.05) is 19.6 Å². The number of aliphatic carboxylic acids is 1. The van der Waals surface area contributed by atoms with Crippen molar-refractivity contribution in [2.45, 2.75) is 97.3 Å². The zero-order valence-corrected chi connectivity index (χ0v) is 29.0. The number of benzene rings is 2. The van der Waals surface area contributed by atoms with Gasteiger partial charge in [0.1, 0.15) is 17.7 Å². The van der Waals surface area contributed by atoms with Gasteiger partial charge in [-0.3, -0.25) is 14.4 Å². The van der Waals surface area contributed by atoms with E-state index in [1.165, 1.54) is 6.07 Å². The number of nitrogens with zero attached hydrogens (tertiary/aromatic N) is 2. The van der Waals surface area contributed by atoms with Gasteiger partial charge in [0.2, 0.25) is 5.91 Å². The van der Waals surface area contributed by atoms with E-state index in [-0.39, 0.29) is 41.4 Å². The molecular weight excluding hydrogens is 657 g/mol. The SMILES string of the molecule is Cc1cc(C)c(-c2cc(C3CC3)c(F)c(C(CC(=O)O)NC(=O)C(CC(C)C)n3cc(CCN4CCC4)c(C(F)(F)F)cc3=O)c2F)c(C)c1. The Hall–Kier alpha value is -4.06. The molecule has 0 spiro atoms. The smallest absolute Gasteiger partial charge is 0.416 e. The van der Waals surface area contributed by atoms with E-state index in [4.69, 9.17) is 0 Å². The minimum Gasteiger partial charge on any atom is -0.481 e. The van der Waals surface area contributed by atoms with Gasteiger partial charge in [-0.2, -0.15) is 13.2 Å². The van der Waals surface area contributed by atoms with Gasteiger partial charge >= 0.3 is 12.1 Å². The second-order valence-corrected chi connectivity index (χ2v) is 14.3. The summed E-state index contributed by atoms with van der Waals surface area (Å²) in [5.74, 6) is -4.75. The summed E-state index contributed by atoms with van der Waals surface area (Å²) in [6, 6.07) is 2.62. The van der Waals surface area contributed by atoms with E-state index in [1.807, 2.05) is 24.0 Å². The largest absolute Gasteiger partial charge is 0.481 e. The zero-order chi connectivity index (χ0) is 36.7. The molecule has 1 aliphatic heterocycles. The molecule has 5 rings (SSSR count). The van der Waals surface area contributed by atoms with Gasteiger partial charge in [0.05, 0.1) is 18.0 Å². The van der Waals surface area contributed by atoms with Crippen LogP contribution in [0.3, 0.4) is 0 Å². The maximum Gasteiger partial charge on any atom is 0.416 e. The van der Waals surface area contributed by atoms with Crippen molar-refractivity contribution in [2.24, 2.45) is 5.92 Å². The molecular formula is C38H44F5N3O4. The van der Waals surface area contributed by atoms with Gasteiger partial charge in [-0.05, 0) is 112 Å². The first-order valence-electron chi connectivity index (χ1n) is 17.1. The summed E-state index contributed by atoms with van der Waals surface area (Å²) in [7, 11) is 0. The van der Waals surface area contributed by atoms with E-state index >= 15 is 8.78 Å². The van der Waals surface area contributed by atoms with Crippen LogP contribution in [0.25, 0.3) is 11.1 Å². The van der Waals surface area contributed by atoms with Crippen LogP contribution in [0.15, 0.2) is 35.3 Å². The molecule has 1 amide bonds. The number of nitrogens with one attached hydrogen (secondary N) is 1. The maximum absolute atomic E-state index is 16.7. The fraction of sp³-hybridized carbons (Fsp3) is 0.500. The predicted molar refractivity (Wildman–Crippen MR) is 180 cm³/mol. The first kappa shape index (κ1) is 37.2. The monoisotopic (exact) mass is 701 g/mol. The average molecular weight is 702 g/mol. The summed E-state index contributed by atoms with van der Waals surface area (Å²) in [6.45, 7) is 10.9. The molecule has 1 aliphatic carbocycles. The summed E-state index contributed by atoms with van der Waals surface area (Å²) < 4.78 is 76.2. The number of carbonyl (C=O) groups is 2. The third-order valence-electron chi connectivity index (χ3n) is 9.72. The Balaban J connectivity index is 1.60. The molecule has 7 nitrogen and oxygen atoms in total. The number of aryl methyl sites for hydroxylation is 3. The zero-order valence-electron chi connectivity index (χ0n) is 29.0. The lowest BCUT2D eigenvalue weighted by Gasteiger charge is -2.31. The van der Waals surface area contributed by atoms with Crippen LogP contribution in [0.1, 0.15) is 103 Å². The Labute approximate surface area is 288 Å². The number of carboxylic acids is 1. The van der Waals surface area contributed by atoms with E-state index in [1.54, 1.807) is 27.7 Å². The molecule has 2 atom stereocenters. The minimum atomic E-state index is -4.81. The van der Waals surface area contributed by atoms with Gasteiger partial charge in [0, 0.05) is 29.9 Å². The first-order valence-corrected chi connectivity index (χ1v) is 17.1. The Morgan fingerprint density at radius 2 is 1.64 bits per heavy atom. The molecule has 2 aromatic carbocycles. The Bertz CT molecular complexity index is 1820. The summed E-state index contributed by atoms with van der Waals surface area (Å²) >= 11 is 0. The van der Waals surface area contributed by atoms with Crippen LogP contribution in [-0.2, 0) is 22.2 Å². The molecule has 50 heavy (non-hydrogen) atoms. The van der Waals surface area contributed by atoms with Gasteiger partial charge in [-0.1, -0.05) is 31.5 Å². The summed E-state index contributed by atoms with van der Waals surface area (Å²) in [5, 5.41) is 12.4. The average Bonchev–Trinajstić information content (AvgIpc) is 3.81. The molecule has 3 aromatic rings. The van der Waals surface area contributed by atoms with Crippen LogP contribution in [0.2, 0.25) is 0 Å². The van der Waals surface area contributed by atoms with Gasteiger partial charge in [-0.15, -0.1) is 0 Å². The standard InChI is InChI=1S/C38H44F5N3O4/c1-20(2)13-30(46-19-25(9-12-45-10-6-11-45)28(17-31(46)47)38(41,42)43)37(50)44-29(18-32(48)49)34-35(39)26(24-7-8-24)16-27(36(34)40)33-22(4)14-21(3)15-23(33)5/h14-17,19-20,24,29-30H,6-13,18H2,1-5H3,(H,44,50)(H,48,49). The van der Waals surface area contributed by atoms with Crippen molar-refractivity contribution in [3.05, 3.63) is 91.4 Å². The third kappa shape index (κ3) is 8.11. The van der Waals surface area contributed by atoms with E-state index < -0.39 is 64.9 Å². The van der Waals surface area contributed by atoms with Crippen molar-refractivity contribution >= 4 is 11.9 Å². The number of likely N-dealkylation sites (tertiary alicyclic amines) is 1. The number of amides is 1. The lowest BCUT2D eigenvalue weighted by Crippen LogP contribution is -2.41. The highest BCUT2D eigenvalue weighted by atomic mass is 19.4. The van der Waals surface area contributed by atoms with Crippen molar-refractivity contribution < 1.29 is 36.6 Å². The van der Waals surface area contributed by atoms with Crippen LogP contribution in [0.4, 0.5) is 22.0 Å². The summed E-state index contributed by atoms with van der Waals surface area (Å²) in [6.07, 6.45) is -2.39. The topological polar surface area (TPSA) is 91.6 Å². The van der Waals surface area contributed by atoms with Gasteiger partial charge in [0.15, 0.2) is 0 Å². The fourth-order valence-electron chi connectivity index (χ4n) is 7.11. The van der Waals surface area contributed by atoms with Crippen LogP contribution in [0, 0.1) is 38.3 Å². The number of rotatable bonds is 13. The molecule has 1 aromatic heterocycles. The third-order valence-corrected chi connectivity index (χ3v) is 9.72. The molecule has 1 saturated heterocycles. The number of halogens is 5. The summed E-state index contributed by atoms with van der Waals surface area (Å²) in [4.78, 5) is 41.6. The maximum atomic E-state index is 16.7. The second-order valence-electron chi connectivity index (χ2n) is 14.3. The lowest BCUT2D eigenvalue weighted by atomic mass is 9.87. The molecule has 2 aliphatic rings. The summed E-state index contributed by atoms with van der Waals surface area (Å²) in [5.41, 5.74) is 0.375. The number of aromatic nitrogens is 1. The minimum absolute atomic E-state index is 0.0114. The number of hydrogen-bond acceptors (Lipinski definition) is 4. The molecule has 2 fully saturated rings. The number of alkyl halides is 3. The van der Waals surface area contributed by atoms with Crippen molar-refractivity contribution in [1.82, 2.24) is 14.8 Å². The second kappa shape index (κ2) is 14.7. The van der Waals surface area contributed by atoms with Crippen molar-refractivity contribution in [1.29, 1.82) is 0 Å². The molecule has 0 bridgehead atoms. The number of carboxylic acid groups (broad SMARTS) is 1. The van der Waals surface area contributed by atoms with E-state index in [9.17, 15) is 32.7 Å². The van der Waals surface area contributed by atoms with Crippen molar-refractivity contribution in [3.63, 3.8) is 0 Å². The molecule has 12 heteroatoms. The van der Waals surface area contributed by atoms with Crippen LogP contribution in [-0.4, -0.2) is 46.1 Å². The van der Waals surface area contributed by atoms with Crippen molar-refractivity contribution in [3.8, 4) is 11.1 Å². The Kier molecular flexibility index (Phi) is 10.9. The van der Waals surface area contributed by atoms with Gasteiger partial charge in [0.25, 0.3) is 5.56 Å². The molecule has 2 N–H and O–H groups in total. The van der Waals surface area contributed by atoms with Crippen LogP contribution >= 0.6 is 0 Å². The molecule has 2 unspecified atom stereocenters. The normalized spacial score (nSPS) is 16.3. The molecule has 0 radical (unpaired) electrons. The molecule has 2 heterocycles. The fourth-order valence-corrected chi connectivity index (χ4v) is 7.11. The van der Waals surface area contributed by atoms with E-state index in [0.717, 1.165) is 47.0 Å². The van der Waals surface area contributed by atoms with Crippen LogP contribution in [0.5, 0.6) is 0 Å². The Morgan fingerprint density at radius 1 is 1.00 bits per heavy atom. The number of hydrogen-bond donors (Lipinski definition) is 2. The predicted octanol–water partition coefficient (Wildman–Crippen LogP) is 7.78. The molecule has 270 valence electrons. The lowest BCUT2D eigenvalue weighted by molar-refractivity contribution is -0.139. The highest BCUT2D eigenvalue weighted by Crippen LogP contribution is 2.46. The molecule has 1 saturated carbocycles. The quantitative estimate of drug-likeness (QED) is 0.178. The first-order chi connectivity index (χ1) is 23.5.